The van der Waals surface area contributed by atoms with Crippen molar-refractivity contribution in [1.29, 1.82) is 0 Å². The Morgan fingerprint density at radius 1 is 1.13 bits per heavy atom. The van der Waals surface area contributed by atoms with E-state index in [1.165, 1.54) is 22.5 Å². The van der Waals surface area contributed by atoms with E-state index in [1.54, 1.807) is 4.90 Å². The fourth-order valence-electron chi connectivity index (χ4n) is 3.37. The Kier molecular flexibility index (Phi) is 7.52. The predicted octanol–water partition coefficient (Wildman–Crippen LogP) is 3.72. The Hall–Kier alpha value is -1.93. The van der Waals surface area contributed by atoms with Gasteiger partial charge >= 0.3 is 0 Å². The van der Waals surface area contributed by atoms with Crippen molar-refractivity contribution in [3.63, 3.8) is 0 Å². The van der Waals surface area contributed by atoms with Crippen LogP contribution in [0.3, 0.4) is 0 Å². The fourth-order valence-corrected chi connectivity index (χ4v) is 5.00. The number of sulfonamides is 1. The Morgan fingerprint density at radius 3 is 2.43 bits per heavy atom. The lowest BCUT2D eigenvalue weighted by molar-refractivity contribution is 0.0729. The number of carbonyl (C=O) groups is 1. The summed E-state index contributed by atoms with van der Waals surface area (Å²) in [5.74, 6) is -0.276. The minimum Gasteiger partial charge on any atom is -0.379 e. The molecule has 1 saturated heterocycles. The van der Waals surface area contributed by atoms with E-state index in [1.807, 2.05) is 38.1 Å². The van der Waals surface area contributed by atoms with Crippen molar-refractivity contribution in [2.45, 2.75) is 31.7 Å². The molecule has 3 rings (SSSR count). The van der Waals surface area contributed by atoms with E-state index in [9.17, 15) is 13.2 Å². The van der Waals surface area contributed by atoms with E-state index in [0.717, 1.165) is 17.5 Å². The number of carbonyl (C=O) groups excluding carboxylic acids is 1. The van der Waals surface area contributed by atoms with Gasteiger partial charge in [0.2, 0.25) is 10.0 Å². The Morgan fingerprint density at radius 2 is 1.80 bits per heavy atom. The molecule has 2 aromatic rings. The Balaban J connectivity index is 1.89. The van der Waals surface area contributed by atoms with Gasteiger partial charge in [0.15, 0.2) is 0 Å². The van der Waals surface area contributed by atoms with E-state index >= 15 is 0 Å². The fraction of sp³-hybridized carbons (Fsp3) is 0.409. The second-order valence-corrected chi connectivity index (χ2v) is 9.72. The molecule has 0 spiro atoms. The van der Waals surface area contributed by atoms with Crippen LogP contribution < -0.4 is 0 Å². The standard InChI is InChI=1S/C22H27ClN2O4S/c1-3-10-24(16-18-6-4-17(2)5-7-18)22(26)20-15-19(8-9-21(20)23)30(27,28)25-11-13-29-14-12-25/h4-9,15H,3,10-14,16H2,1-2H3. The third-order valence-corrected chi connectivity index (χ3v) is 7.28. The molecule has 8 heteroatoms. The van der Waals surface area contributed by atoms with Crippen molar-refractivity contribution in [2.24, 2.45) is 0 Å². The van der Waals surface area contributed by atoms with Crippen LogP contribution in [-0.4, -0.2) is 56.4 Å². The van der Waals surface area contributed by atoms with Gasteiger partial charge in [0.05, 0.1) is 28.7 Å². The van der Waals surface area contributed by atoms with Crippen molar-refractivity contribution < 1.29 is 17.9 Å². The summed E-state index contributed by atoms with van der Waals surface area (Å²) in [5.41, 5.74) is 2.36. The Bertz CT molecular complexity index is 987. The lowest BCUT2D eigenvalue weighted by Gasteiger charge is -2.27. The van der Waals surface area contributed by atoms with E-state index in [2.05, 4.69) is 0 Å². The van der Waals surface area contributed by atoms with E-state index in [4.69, 9.17) is 16.3 Å². The zero-order chi connectivity index (χ0) is 21.7. The van der Waals surface area contributed by atoms with Gasteiger partial charge in [-0.2, -0.15) is 4.31 Å². The topological polar surface area (TPSA) is 66.9 Å². The highest BCUT2D eigenvalue weighted by Gasteiger charge is 2.28. The zero-order valence-electron chi connectivity index (χ0n) is 17.3. The third kappa shape index (κ3) is 5.21. The molecule has 1 fully saturated rings. The quantitative estimate of drug-likeness (QED) is 0.644. The van der Waals surface area contributed by atoms with Gasteiger partial charge in [-0.1, -0.05) is 48.4 Å². The lowest BCUT2D eigenvalue weighted by Crippen LogP contribution is -2.40. The number of benzene rings is 2. The number of nitrogens with zero attached hydrogens (tertiary/aromatic N) is 2. The summed E-state index contributed by atoms with van der Waals surface area (Å²) in [6.45, 7) is 6.30. The Labute approximate surface area is 183 Å². The average Bonchev–Trinajstić information content (AvgIpc) is 2.75. The summed E-state index contributed by atoms with van der Waals surface area (Å²) in [5, 5.41) is 0.242. The molecule has 1 aliphatic rings. The molecule has 0 radical (unpaired) electrons. The van der Waals surface area contributed by atoms with Crippen LogP contribution in [0.25, 0.3) is 0 Å². The number of amides is 1. The summed E-state index contributed by atoms with van der Waals surface area (Å²) >= 11 is 6.32. The first kappa shape index (κ1) is 22.7. The highest BCUT2D eigenvalue weighted by atomic mass is 35.5. The van der Waals surface area contributed by atoms with Crippen LogP contribution in [0, 0.1) is 6.92 Å². The minimum absolute atomic E-state index is 0.0731. The number of hydrogen-bond acceptors (Lipinski definition) is 4. The number of rotatable bonds is 7. The zero-order valence-corrected chi connectivity index (χ0v) is 18.9. The largest absolute Gasteiger partial charge is 0.379 e. The average molecular weight is 451 g/mol. The normalized spacial score (nSPS) is 15.2. The van der Waals surface area contributed by atoms with Crippen LogP contribution in [0.1, 0.15) is 34.8 Å². The summed E-state index contributed by atoms with van der Waals surface area (Å²) < 4.78 is 32.6. The summed E-state index contributed by atoms with van der Waals surface area (Å²) in [6, 6.07) is 12.3. The monoisotopic (exact) mass is 450 g/mol. The van der Waals surface area contributed by atoms with Crippen LogP contribution in [-0.2, 0) is 21.3 Å². The molecule has 0 saturated carbocycles. The van der Waals surface area contributed by atoms with Crippen molar-refractivity contribution in [2.75, 3.05) is 32.8 Å². The first-order valence-electron chi connectivity index (χ1n) is 10.0. The molecule has 1 amide bonds. The lowest BCUT2D eigenvalue weighted by atomic mass is 10.1. The first-order chi connectivity index (χ1) is 14.3. The molecule has 2 aromatic carbocycles. The molecule has 6 nitrogen and oxygen atoms in total. The van der Waals surface area contributed by atoms with Crippen molar-refractivity contribution in [3.8, 4) is 0 Å². The van der Waals surface area contributed by atoms with Crippen LogP contribution in [0.5, 0.6) is 0 Å². The molecular formula is C22H27ClN2O4S. The van der Waals surface area contributed by atoms with Gasteiger partial charge in [-0.05, 0) is 37.1 Å². The summed E-state index contributed by atoms with van der Waals surface area (Å²) in [4.78, 5) is 15.1. The van der Waals surface area contributed by atoms with Crippen LogP contribution in [0.4, 0.5) is 0 Å². The maximum atomic E-state index is 13.3. The number of hydrogen-bond donors (Lipinski definition) is 0. The SMILES string of the molecule is CCCN(Cc1ccc(C)cc1)C(=O)c1cc(S(=O)(=O)N2CCOCC2)ccc1Cl. The predicted molar refractivity (Wildman–Crippen MR) is 117 cm³/mol. The third-order valence-electron chi connectivity index (χ3n) is 5.05. The number of aryl methyl sites for hydroxylation is 1. The number of ether oxygens (including phenoxy) is 1. The molecule has 1 aliphatic heterocycles. The van der Waals surface area contributed by atoms with Gasteiger partial charge < -0.3 is 9.64 Å². The van der Waals surface area contributed by atoms with Gasteiger partial charge in [0.25, 0.3) is 5.91 Å². The van der Waals surface area contributed by atoms with E-state index in [0.29, 0.717) is 39.4 Å². The van der Waals surface area contributed by atoms with E-state index in [-0.39, 0.29) is 21.4 Å². The van der Waals surface area contributed by atoms with Gasteiger partial charge in [-0.3, -0.25) is 4.79 Å². The minimum atomic E-state index is -3.71. The van der Waals surface area contributed by atoms with E-state index < -0.39 is 10.0 Å². The molecule has 0 N–H and O–H groups in total. The maximum Gasteiger partial charge on any atom is 0.255 e. The molecule has 30 heavy (non-hydrogen) atoms. The number of morpholine rings is 1. The highest BCUT2D eigenvalue weighted by molar-refractivity contribution is 7.89. The van der Waals surface area contributed by atoms with Crippen LogP contribution in [0.15, 0.2) is 47.4 Å². The molecule has 1 heterocycles. The molecule has 0 aliphatic carbocycles. The maximum absolute atomic E-state index is 13.3. The molecule has 0 bridgehead atoms. The summed E-state index contributed by atoms with van der Waals surface area (Å²) in [7, 11) is -3.71. The van der Waals surface area contributed by atoms with Crippen LogP contribution >= 0.6 is 11.6 Å². The second-order valence-electron chi connectivity index (χ2n) is 7.37. The van der Waals surface area contributed by atoms with Crippen LogP contribution in [0.2, 0.25) is 5.02 Å². The molecule has 162 valence electrons. The smallest absolute Gasteiger partial charge is 0.255 e. The molecule has 0 aromatic heterocycles. The molecule has 0 unspecified atom stereocenters. The van der Waals surface area contributed by atoms with Gasteiger partial charge in [-0.15, -0.1) is 0 Å². The highest BCUT2D eigenvalue weighted by Crippen LogP contribution is 2.25. The van der Waals surface area contributed by atoms with Crippen molar-refractivity contribution in [3.05, 3.63) is 64.2 Å². The number of halogens is 1. The van der Waals surface area contributed by atoms with Gasteiger partial charge in [-0.25, -0.2) is 8.42 Å². The second kappa shape index (κ2) is 9.92. The molecule has 0 atom stereocenters. The van der Waals surface area contributed by atoms with Crippen molar-refractivity contribution in [1.82, 2.24) is 9.21 Å². The summed E-state index contributed by atoms with van der Waals surface area (Å²) in [6.07, 6.45) is 0.779. The van der Waals surface area contributed by atoms with Gasteiger partial charge in [0, 0.05) is 26.2 Å². The molecular weight excluding hydrogens is 424 g/mol. The first-order valence-corrected chi connectivity index (χ1v) is 11.9. The van der Waals surface area contributed by atoms with Crippen molar-refractivity contribution >= 4 is 27.5 Å². The van der Waals surface area contributed by atoms with Gasteiger partial charge in [0.1, 0.15) is 0 Å².